The number of hydrogen-bond donors (Lipinski definition) is 0. The van der Waals surface area contributed by atoms with Crippen LogP contribution in [0.4, 0.5) is 0 Å². The van der Waals surface area contributed by atoms with Gasteiger partial charge >= 0.3 is 0 Å². The average Bonchev–Trinajstić information content (AvgIpc) is 1.89. The smallest absolute Gasteiger partial charge is 0.0490 e. The number of hydrogen-bond acceptors (Lipinski definition) is 1. The summed E-state index contributed by atoms with van der Waals surface area (Å²) < 4.78 is 5.07. The second-order valence-corrected chi connectivity index (χ2v) is 3.20. The van der Waals surface area contributed by atoms with Crippen LogP contribution in [-0.2, 0) is 4.74 Å². The predicted octanol–water partition coefficient (Wildman–Crippen LogP) is 2.71. The van der Waals surface area contributed by atoms with Crippen molar-refractivity contribution in [2.75, 3.05) is 13.7 Å². The zero-order valence-corrected chi connectivity index (χ0v) is 7.68. The van der Waals surface area contributed by atoms with Gasteiger partial charge in [-0.15, -0.1) is 0 Å². The first kappa shape index (κ1) is 9.96. The predicted molar refractivity (Wildman–Crippen MR) is 45.1 cm³/mol. The van der Waals surface area contributed by atoms with Crippen molar-refractivity contribution in [3.63, 3.8) is 0 Å². The highest BCUT2D eigenvalue weighted by atomic mass is 16.5. The molecule has 0 aliphatic carbocycles. The molecular formula is C9H20O. The van der Waals surface area contributed by atoms with Gasteiger partial charge in [-0.25, -0.2) is 0 Å². The van der Waals surface area contributed by atoms with E-state index in [1.54, 1.807) is 7.11 Å². The highest BCUT2D eigenvalue weighted by Gasteiger charge is 2.09. The molecule has 2 unspecified atom stereocenters. The zero-order valence-electron chi connectivity index (χ0n) is 7.68. The first-order chi connectivity index (χ1) is 4.72. The quantitative estimate of drug-likeness (QED) is 0.576. The number of ether oxygens (including phenoxy) is 1. The molecule has 0 aliphatic heterocycles. The largest absolute Gasteiger partial charge is 0.384 e. The van der Waals surface area contributed by atoms with Crippen molar-refractivity contribution in [2.24, 2.45) is 11.8 Å². The minimum Gasteiger partial charge on any atom is -0.384 e. The van der Waals surface area contributed by atoms with E-state index in [4.69, 9.17) is 4.74 Å². The summed E-state index contributed by atoms with van der Waals surface area (Å²) in [6, 6.07) is 0. The molecule has 62 valence electrons. The van der Waals surface area contributed by atoms with Crippen LogP contribution in [0.1, 0.15) is 33.6 Å². The normalized spacial score (nSPS) is 16.8. The van der Waals surface area contributed by atoms with Gasteiger partial charge in [0.2, 0.25) is 0 Å². The lowest BCUT2D eigenvalue weighted by atomic mass is 9.93. The van der Waals surface area contributed by atoms with Gasteiger partial charge in [0.05, 0.1) is 0 Å². The lowest BCUT2D eigenvalue weighted by molar-refractivity contribution is 0.131. The molecule has 2 atom stereocenters. The van der Waals surface area contributed by atoms with Crippen molar-refractivity contribution in [2.45, 2.75) is 33.6 Å². The number of methoxy groups -OCH3 is 1. The summed E-state index contributed by atoms with van der Waals surface area (Å²) in [4.78, 5) is 0. The molecule has 0 aromatic rings. The van der Waals surface area contributed by atoms with Crippen LogP contribution in [0, 0.1) is 11.8 Å². The second-order valence-electron chi connectivity index (χ2n) is 3.20. The third-order valence-electron chi connectivity index (χ3n) is 2.14. The van der Waals surface area contributed by atoms with E-state index in [9.17, 15) is 0 Å². The SMILES string of the molecule is CCCC(C)C(C)COC. The molecule has 0 fully saturated rings. The van der Waals surface area contributed by atoms with E-state index in [2.05, 4.69) is 20.8 Å². The minimum atomic E-state index is 0.713. The molecule has 0 radical (unpaired) electrons. The van der Waals surface area contributed by atoms with E-state index in [0.29, 0.717) is 5.92 Å². The van der Waals surface area contributed by atoms with Crippen LogP contribution in [0.5, 0.6) is 0 Å². The van der Waals surface area contributed by atoms with Crippen LogP contribution in [0.15, 0.2) is 0 Å². The maximum absolute atomic E-state index is 5.07. The maximum Gasteiger partial charge on any atom is 0.0490 e. The summed E-state index contributed by atoms with van der Waals surface area (Å²) in [7, 11) is 1.77. The lowest BCUT2D eigenvalue weighted by Crippen LogP contribution is -2.13. The third-order valence-corrected chi connectivity index (χ3v) is 2.14. The topological polar surface area (TPSA) is 9.23 Å². The van der Waals surface area contributed by atoms with Gasteiger partial charge in [-0.3, -0.25) is 0 Å². The molecule has 0 N–H and O–H groups in total. The Balaban J connectivity index is 3.38. The minimum absolute atomic E-state index is 0.713. The Labute approximate surface area is 64.8 Å². The van der Waals surface area contributed by atoms with E-state index in [1.807, 2.05) is 0 Å². The fraction of sp³-hybridized carbons (Fsp3) is 1.00. The summed E-state index contributed by atoms with van der Waals surface area (Å²) >= 11 is 0. The molecule has 0 aromatic carbocycles. The Morgan fingerprint density at radius 2 is 1.80 bits per heavy atom. The molecule has 0 heterocycles. The Morgan fingerprint density at radius 1 is 1.20 bits per heavy atom. The van der Waals surface area contributed by atoms with Crippen molar-refractivity contribution >= 4 is 0 Å². The van der Waals surface area contributed by atoms with Gasteiger partial charge in [0.15, 0.2) is 0 Å². The maximum atomic E-state index is 5.07. The first-order valence-corrected chi connectivity index (χ1v) is 4.21. The first-order valence-electron chi connectivity index (χ1n) is 4.21. The Morgan fingerprint density at radius 3 is 2.20 bits per heavy atom. The van der Waals surface area contributed by atoms with Gasteiger partial charge in [-0.05, 0) is 11.8 Å². The average molecular weight is 144 g/mol. The highest BCUT2D eigenvalue weighted by molar-refractivity contribution is 4.59. The Bertz CT molecular complexity index is 61.1. The zero-order chi connectivity index (χ0) is 7.98. The summed E-state index contributed by atoms with van der Waals surface area (Å²) in [5.74, 6) is 1.52. The fourth-order valence-electron chi connectivity index (χ4n) is 1.17. The standard InChI is InChI=1S/C9H20O/c1-5-6-8(2)9(3)7-10-4/h8-9H,5-7H2,1-4H3. The van der Waals surface area contributed by atoms with Gasteiger partial charge in [0.1, 0.15) is 0 Å². The molecule has 1 nitrogen and oxygen atoms in total. The molecule has 0 amide bonds. The second kappa shape index (κ2) is 5.72. The van der Waals surface area contributed by atoms with Gasteiger partial charge < -0.3 is 4.74 Å². The van der Waals surface area contributed by atoms with Crippen LogP contribution in [0.25, 0.3) is 0 Å². The van der Waals surface area contributed by atoms with Gasteiger partial charge in [0, 0.05) is 13.7 Å². The van der Waals surface area contributed by atoms with Crippen LogP contribution in [0.2, 0.25) is 0 Å². The summed E-state index contributed by atoms with van der Waals surface area (Å²) in [6.45, 7) is 7.69. The van der Waals surface area contributed by atoms with E-state index >= 15 is 0 Å². The molecule has 0 bridgehead atoms. The molecule has 0 aliphatic rings. The summed E-state index contributed by atoms with van der Waals surface area (Å²) in [5, 5.41) is 0. The van der Waals surface area contributed by atoms with Crippen LogP contribution in [-0.4, -0.2) is 13.7 Å². The number of rotatable bonds is 5. The van der Waals surface area contributed by atoms with Gasteiger partial charge in [0.25, 0.3) is 0 Å². The molecule has 0 saturated carbocycles. The molecule has 10 heavy (non-hydrogen) atoms. The van der Waals surface area contributed by atoms with Crippen molar-refractivity contribution in [3.05, 3.63) is 0 Å². The molecule has 0 rings (SSSR count). The molecular weight excluding hydrogens is 124 g/mol. The van der Waals surface area contributed by atoms with E-state index in [-0.39, 0.29) is 0 Å². The van der Waals surface area contributed by atoms with Gasteiger partial charge in [-0.2, -0.15) is 0 Å². The van der Waals surface area contributed by atoms with E-state index in [1.165, 1.54) is 12.8 Å². The third kappa shape index (κ3) is 3.89. The van der Waals surface area contributed by atoms with Crippen molar-refractivity contribution in [1.29, 1.82) is 0 Å². The highest BCUT2D eigenvalue weighted by Crippen LogP contribution is 2.16. The fourth-order valence-corrected chi connectivity index (χ4v) is 1.17. The van der Waals surface area contributed by atoms with Crippen LogP contribution >= 0.6 is 0 Å². The monoisotopic (exact) mass is 144 g/mol. The van der Waals surface area contributed by atoms with Crippen molar-refractivity contribution < 1.29 is 4.74 Å². The molecule has 0 saturated heterocycles. The Hall–Kier alpha value is -0.0400. The van der Waals surface area contributed by atoms with E-state index in [0.717, 1.165) is 12.5 Å². The molecule has 1 heteroatoms. The summed E-state index contributed by atoms with van der Waals surface area (Å²) in [6.07, 6.45) is 2.61. The van der Waals surface area contributed by atoms with Crippen LogP contribution < -0.4 is 0 Å². The lowest BCUT2D eigenvalue weighted by Gasteiger charge is -2.17. The van der Waals surface area contributed by atoms with Gasteiger partial charge in [-0.1, -0.05) is 33.6 Å². The van der Waals surface area contributed by atoms with Crippen molar-refractivity contribution in [1.82, 2.24) is 0 Å². The summed E-state index contributed by atoms with van der Waals surface area (Å²) in [5.41, 5.74) is 0. The molecule has 0 spiro atoms. The van der Waals surface area contributed by atoms with Crippen molar-refractivity contribution in [3.8, 4) is 0 Å². The van der Waals surface area contributed by atoms with E-state index < -0.39 is 0 Å². The Kier molecular flexibility index (Phi) is 5.70. The molecule has 0 aromatic heterocycles. The van der Waals surface area contributed by atoms with Crippen LogP contribution in [0.3, 0.4) is 0 Å².